The van der Waals surface area contributed by atoms with Crippen molar-refractivity contribution in [1.82, 2.24) is 5.01 Å². The third-order valence-corrected chi connectivity index (χ3v) is 2.22. The Morgan fingerprint density at radius 3 is 2.94 bits per heavy atom. The molecule has 0 fully saturated rings. The Labute approximate surface area is 99.5 Å². The minimum absolute atomic E-state index is 0.0653. The van der Waals surface area contributed by atoms with E-state index in [0.717, 1.165) is 0 Å². The van der Waals surface area contributed by atoms with Crippen molar-refractivity contribution in [2.24, 2.45) is 10.8 Å². The molecule has 0 spiro atoms. The van der Waals surface area contributed by atoms with Crippen LogP contribution >= 0.6 is 0 Å². The molecule has 1 heterocycles. The van der Waals surface area contributed by atoms with Crippen molar-refractivity contribution < 1.29 is 19.4 Å². The number of carbonyl (C=O) groups is 1. The van der Waals surface area contributed by atoms with Gasteiger partial charge in [-0.15, -0.1) is 0 Å². The number of methoxy groups -OCH3 is 1. The third kappa shape index (κ3) is 3.43. The van der Waals surface area contributed by atoms with Crippen LogP contribution in [0.3, 0.4) is 0 Å². The van der Waals surface area contributed by atoms with Gasteiger partial charge in [-0.2, -0.15) is 4.99 Å². The van der Waals surface area contributed by atoms with Crippen molar-refractivity contribution >= 4 is 11.8 Å². The van der Waals surface area contributed by atoms with Gasteiger partial charge in [0.05, 0.1) is 19.8 Å². The number of amidine groups is 1. The molecule has 3 N–H and O–H groups in total. The summed E-state index contributed by atoms with van der Waals surface area (Å²) < 4.78 is 9.67. The second-order valence-corrected chi connectivity index (χ2v) is 3.42. The van der Waals surface area contributed by atoms with Crippen LogP contribution in [0, 0.1) is 0 Å². The standard InChI is InChI=1S/C10H17N3O4/c1-3-17-10(15)7-6-13(11)8(4-5-16-2)12-9(7)14/h14H,3-6,11H2,1-2H3. The van der Waals surface area contributed by atoms with Gasteiger partial charge in [0, 0.05) is 13.5 Å². The SMILES string of the molecule is CCOC(=O)C1=C(O)N=C(CCOC)N(N)C1. The molecule has 0 saturated carbocycles. The lowest BCUT2D eigenvalue weighted by atomic mass is 10.2. The average molecular weight is 243 g/mol. The number of nitrogens with zero attached hydrogens (tertiary/aromatic N) is 2. The number of hydrogen-bond acceptors (Lipinski definition) is 7. The predicted molar refractivity (Wildman–Crippen MR) is 61.1 cm³/mol. The Hall–Kier alpha value is -1.60. The maximum atomic E-state index is 11.5. The minimum Gasteiger partial charge on any atom is -0.493 e. The van der Waals surface area contributed by atoms with Crippen LogP contribution in [0.4, 0.5) is 0 Å². The van der Waals surface area contributed by atoms with Crippen LogP contribution in [0.25, 0.3) is 0 Å². The maximum absolute atomic E-state index is 11.5. The summed E-state index contributed by atoms with van der Waals surface area (Å²) in [5, 5.41) is 10.9. The molecule has 17 heavy (non-hydrogen) atoms. The summed E-state index contributed by atoms with van der Waals surface area (Å²) in [6.45, 7) is 2.44. The number of esters is 1. The van der Waals surface area contributed by atoms with Crippen molar-refractivity contribution in [3.63, 3.8) is 0 Å². The quantitative estimate of drug-likeness (QED) is 0.518. The van der Waals surface area contributed by atoms with Crippen LogP contribution in [0.1, 0.15) is 13.3 Å². The van der Waals surface area contributed by atoms with E-state index in [1.165, 1.54) is 5.01 Å². The molecule has 1 aliphatic heterocycles. The number of ether oxygens (including phenoxy) is 2. The molecule has 0 amide bonds. The fourth-order valence-electron chi connectivity index (χ4n) is 1.35. The molecular formula is C10H17N3O4. The van der Waals surface area contributed by atoms with E-state index in [2.05, 4.69) is 4.99 Å². The van der Waals surface area contributed by atoms with Gasteiger partial charge in [0.1, 0.15) is 11.4 Å². The Kier molecular flexibility index (Phi) is 4.92. The highest BCUT2D eigenvalue weighted by Crippen LogP contribution is 2.14. The number of rotatable bonds is 5. The van der Waals surface area contributed by atoms with E-state index < -0.39 is 5.97 Å². The van der Waals surface area contributed by atoms with Crippen LogP contribution in [-0.2, 0) is 14.3 Å². The molecule has 96 valence electrons. The monoisotopic (exact) mass is 243 g/mol. The van der Waals surface area contributed by atoms with E-state index in [1.54, 1.807) is 14.0 Å². The molecule has 0 bridgehead atoms. The van der Waals surface area contributed by atoms with Crippen LogP contribution in [-0.4, -0.2) is 48.8 Å². The minimum atomic E-state index is -0.602. The van der Waals surface area contributed by atoms with Crippen molar-refractivity contribution in [2.45, 2.75) is 13.3 Å². The molecule has 0 aromatic heterocycles. The normalized spacial score (nSPS) is 15.9. The lowest BCUT2D eigenvalue weighted by Crippen LogP contribution is -2.43. The molecule has 7 nitrogen and oxygen atoms in total. The van der Waals surface area contributed by atoms with E-state index in [-0.39, 0.29) is 24.6 Å². The summed E-state index contributed by atoms with van der Waals surface area (Å²) in [5.74, 6) is 5.23. The maximum Gasteiger partial charge on any atom is 0.341 e. The highest BCUT2D eigenvalue weighted by atomic mass is 16.5. The molecular weight excluding hydrogens is 226 g/mol. The van der Waals surface area contributed by atoms with Crippen LogP contribution < -0.4 is 5.84 Å². The third-order valence-electron chi connectivity index (χ3n) is 2.22. The highest BCUT2D eigenvalue weighted by Gasteiger charge is 2.25. The first-order chi connectivity index (χ1) is 8.10. The molecule has 1 rings (SSSR count). The van der Waals surface area contributed by atoms with Gasteiger partial charge >= 0.3 is 5.97 Å². The fourth-order valence-corrected chi connectivity index (χ4v) is 1.35. The van der Waals surface area contributed by atoms with Gasteiger partial charge < -0.3 is 14.6 Å². The summed E-state index contributed by atoms with van der Waals surface area (Å²) in [4.78, 5) is 15.3. The van der Waals surface area contributed by atoms with Gasteiger partial charge in [-0.1, -0.05) is 0 Å². The Morgan fingerprint density at radius 1 is 1.65 bits per heavy atom. The summed E-state index contributed by atoms with van der Waals surface area (Å²) in [6, 6.07) is 0. The number of aliphatic hydroxyl groups excluding tert-OH is 1. The predicted octanol–water partition coefficient (Wildman–Crippen LogP) is -0.0566. The largest absolute Gasteiger partial charge is 0.493 e. The van der Waals surface area contributed by atoms with E-state index >= 15 is 0 Å². The first kappa shape index (κ1) is 13.5. The van der Waals surface area contributed by atoms with E-state index in [1.807, 2.05) is 0 Å². The highest BCUT2D eigenvalue weighted by molar-refractivity contribution is 5.93. The van der Waals surface area contributed by atoms with E-state index in [0.29, 0.717) is 18.9 Å². The van der Waals surface area contributed by atoms with Crippen LogP contribution in [0.15, 0.2) is 16.4 Å². The molecule has 0 radical (unpaired) electrons. The molecule has 0 unspecified atom stereocenters. The molecule has 0 saturated heterocycles. The zero-order valence-corrected chi connectivity index (χ0v) is 9.97. The molecule has 0 aromatic rings. The number of aliphatic imine (C=N–C) groups is 1. The lowest BCUT2D eigenvalue weighted by Gasteiger charge is -2.25. The fraction of sp³-hybridized carbons (Fsp3) is 0.600. The number of aliphatic hydroxyl groups is 1. The van der Waals surface area contributed by atoms with Gasteiger partial charge in [0.25, 0.3) is 0 Å². The zero-order chi connectivity index (χ0) is 12.8. The van der Waals surface area contributed by atoms with Gasteiger partial charge in [0.2, 0.25) is 5.88 Å². The molecule has 0 atom stereocenters. The Balaban J connectivity index is 2.80. The number of carbonyl (C=O) groups excluding carboxylic acids is 1. The van der Waals surface area contributed by atoms with Crippen molar-refractivity contribution in [3.8, 4) is 0 Å². The topological polar surface area (TPSA) is 97.4 Å². The Morgan fingerprint density at radius 2 is 2.35 bits per heavy atom. The molecule has 0 aliphatic carbocycles. The number of hydrogen-bond donors (Lipinski definition) is 2. The molecule has 0 aromatic carbocycles. The van der Waals surface area contributed by atoms with Crippen molar-refractivity contribution in [2.75, 3.05) is 26.9 Å². The first-order valence-corrected chi connectivity index (χ1v) is 5.28. The van der Waals surface area contributed by atoms with Crippen molar-refractivity contribution in [3.05, 3.63) is 11.5 Å². The lowest BCUT2D eigenvalue weighted by molar-refractivity contribution is -0.139. The summed E-state index contributed by atoms with van der Waals surface area (Å²) >= 11 is 0. The summed E-state index contributed by atoms with van der Waals surface area (Å²) in [6.07, 6.45) is 0.465. The van der Waals surface area contributed by atoms with Crippen LogP contribution in [0.5, 0.6) is 0 Å². The summed E-state index contributed by atoms with van der Waals surface area (Å²) in [5.41, 5.74) is 0.0653. The van der Waals surface area contributed by atoms with Crippen molar-refractivity contribution in [1.29, 1.82) is 0 Å². The van der Waals surface area contributed by atoms with Gasteiger partial charge in [-0.25, -0.2) is 10.6 Å². The van der Waals surface area contributed by atoms with E-state index in [9.17, 15) is 9.90 Å². The zero-order valence-electron chi connectivity index (χ0n) is 9.97. The number of nitrogens with two attached hydrogens (primary N) is 1. The van der Waals surface area contributed by atoms with Gasteiger partial charge in [0.15, 0.2) is 0 Å². The van der Waals surface area contributed by atoms with Crippen LogP contribution in [0.2, 0.25) is 0 Å². The first-order valence-electron chi connectivity index (χ1n) is 5.28. The molecule has 7 heteroatoms. The Bertz CT molecular complexity index is 351. The van der Waals surface area contributed by atoms with Gasteiger partial charge in [-0.3, -0.25) is 5.01 Å². The smallest absolute Gasteiger partial charge is 0.341 e. The average Bonchev–Trinajstić information content (AvgIpc) is 2.30. The second-order valence-electron chi connectivity index (χ2n) is 3.42. The molecule has 1 aliphatic rings. The van der Waals surface area contributed by atoms with E-state index in [4.69, 9.17) is 15.3 Å². The number of hydrazine groups is 1. The van der Waals surface area contributed by atoms with Gasteiger partial charge in [-0.05, 0) is 6.92 Å². The second kappa shape index (κ2) is 6.21. The summed E-state index contributed by atoms with van der Waals surface area (Å²) in [7, 11) is 1.56.